The molecular formula is C18H25N3O4S. The van der Waals surface area contributed by atoms with Gasteiger partial charge in [0.1, 0.15) is 11.6 Å². The Kier molecular flexibility index (Phi) is 6.20. The zero-order valence-corrected chi connectivity index (χ0v) is 16.4. The summed E-state index contributed by atoms with van der Waals surface area (Å²) in [6, 6.07) is 1.72. The predicted molar refractivity (Wildman–Crippen MR) is 99.7 cm³/mol. The molecule has 1 amide bonds. The second-order valence-electron chi connectivity index (χ2n) is 7.07. The number of ether oxygens (including phenoxy) is 1. The van der Waals surface area contributed by atoms with E-state index in [1.165, 1.54) is 11.3 Å². The van der Waals surface area contributed by atoms with Crippen LogP contribution < -0.4 is 5.73 Å². The van der Waals surface area contributed by atoms with Crippen molar-refractivity contribution in [3.63, 3.8) is 0 Å². The van der Waals surface area contributed by atoms with E-state index in [1.807, 2.05) is 16.9 Å². The van der Waals surface area contributed by atoms with Crippen LogP contribution >= 0.6 is 11.3 Å². The normalized spacial score (nSPS) is 11.6. The average Bonchev–Trinajstić information content (AvgIpc) is 3.14. The minimum Gasteiger partial charge on any atom is -0.458 e. The third kappa shape index (κ3) is 4.50. The van der Waals surface area contributed by atoms with Gasteiger partial charge in [0, 0.05) is 24.2 Å². The van der Waals surface area contributed by atoms with Crippen molar-refractivity contribution >= 4 is 23.2 Å². The molecule has 0 saturated carbocycles. The smallest absolute Gasteiger partial charge is 0.311 e. The van der Waals surface area contributed by atoms with Gasteiger partial charge in [0.15, 0.2) is 0 Å². The molecule has 0 unspecified atom stereocenters. The number of hydrogen-bond donors (Lipinski definition) is 2. The van der Waals surface area contributed by atoms with Gasteiger partial charge in [0.25, 0.3) is 5.91 Å². The van der Waals surface area contributed by atoms with Crippen LogP contribution in [0.4, 0.5) is 0 Å². The van der Waals surface area contributed by atoms with Crippen molar-refractivity contribution in [3.05, 3.63) is 27.7 Å². The SMILES string of the molecule is Cc1c(C(N)=O)cc(-c2csc(COC(=O)C(C)(C)C)n2)n1CCCO. The van der Waals surface area contributed by atoms with Crippen LogP contribution in [0.2, 0.25) is 0 Å². The van der Waals surface area contributed by atoms with Crippen LogP contribution in [0.5, 0.6) is 0 Å². The molecule has 2 aromatic rings. The fourth-order valence-corrected chi connectivity index (χ4v) is 3.16. The van der Waals surface area contributed by atoms with Crippen molar-refractivity contribution in [2.75, 3.05) is 6.61 Å². The predicted octanol–water partition coefficient (Wildman–Crippen LogP) is 2.49. The Morgan fingerprint density at radius 3 is 2.65 bits per heavy atom. The van der Waals surface area contributed by atoms with Gasteiger partial charge >= 0.3 is 5.97 Å². The van der Waals surface area contributed by atoms with E-state index in [-0.39, 0.29) is 19.2 Å². The number of aliphatic hydroxyl groups excluding tert-OH is 1. The second kappa shape index (κ2) is 8.01. The highest BCUT2D eigenvalue weighted by Crippen LogP contribution is 2.28. The molecular weight excluding hydrogens is 354 g/mol. The van der Waals surface area contributed by atoms with Gasteiger partial charge in [-0.25, -0.2) is 4.98 Å². The van der Waals surface area contributed by atoms with Crippen LogP contribution in [0.15, 0.2) is 11.4 Å². The monoisotopic (exact) mass is 379 g/mol. The third-order valence-corrected chi connectivity index (χ3v) is 4.75. The number of nitrogens with two attached hydrogens (primary N) is 1. The lowest BCUT2D eigenvalue weighted by atomic mass is 9.97. The molecule has 142 valence electrons. The highest BCUT2D eigenvalue weighted by molar-refractivity contribution is 7.09. The summed E-state index contributed by atoms with van der Waals surface area (Å²) in [7, 11) is 0. The summed E-state index contributed by atoms with van der Waals surface area (Å²) in [5, 5.41) is 11.6. The van der Waals surface area contributed by atoms with Crippen LogP contribution in [0.3, 0.4) is 0 Å². The van der Waals surface area contributed by atoms with Crippen molar-refractivity contribution in [2.45, 2.75) is 47.3 Å². The topological polar surface area (TPSA) is 107 Å². The summed E-state index contributed by atoms with van der Waals surface area (Å²) in [5.74, 6) is -0.784. The van der Waals surface area contributed by atoms with Crippen LogP contribution in [0.1, 0.15) is 48.3 Å². The zero-order chi connectivity index (χ0) is 19.5. The van der Waals surface area contributed by atoms with E-state index in [0.717, 1.165) is 11.4 Å². The van der Waals surface area contributed by atoms with Crippen LogP contribution in [-0.2, 0) is 22.7 Å². The molecule has 0 bridgehead atoms. The molecule has 0 aliphatic heterocycles. The van der Waals surface area contributed by atoms with Crippen molar-refractivity contribution in [3.8, 4) is 11.4 Å². The first-order chi connectivity index (χ1) is 12.1. The Morgan fingerprint density at radius 1 is 1.38 bits per heavy atom. The highest BCUT2D eigenvalue weighted by atomic mass is 32.1. The van der Waals surface area contributed by atoms with Gasteiger partial charge in [-0.3, -0.25) is 9.59 Å². The lowest BCUT2D eigenvalue weighted by molar-refractivity contribution is -0.154. The van der Waals surface area contributed by atoms with Gasteiger partial charge in [-0.05, 0) is 40.2 Å². The lowest BCUT2D eigenvalue weighted by Crippen LogP contribution is -2.22. The number of thiazole rings is 1. The Hall–Kier alpha value is -2.19. The van der Waals surface area contributed by atoms with Crippen molar-refractivity contribution in [1.29, 1.82) is 0 Å². The standard InChI is InChI=1S/C18H25N3O4S/c1-11-12(16(19)23)8-14(21(11)6-5-7-22)13-10-26-15(20-13)9-25-17(24)18(2,3)4/h8,10,22H,5-7,9H2,1-4H3,(H2,19,23). The Balaban J connectivity index is 2.26. The quantitative estimate of drug-likeness (QED) is 0.719. The van der Waals surface area contributed by atoms with E-state index in [4.69, 9.17) is 15.6 Å². The van der Waals surface area contributed by atoms with E-state index in [2.05, 4.69) is 4.98 Å². The Morgan fingerprint density at radius 2 is 2.08 bits per heavy atom. The summed E-state index contributed by atoms with van der Waals surface area (Å²) < 4.78 is 7.23. The Bertz CT molecular complexity index is 802. The third-order valence-electron chi connectivity index (χ3n) is 3.93. The maximum atomic E-state index is 11.9. The molecule has 0 fully saturated rings. The average molecular weight is 379 g/mol. The number of amides is 1. The number of hydrogen-bond acceptors (Lipinski definition) is 6. The lowest BCUT2D eigenvalue weighted by Gasteiger charge is -2.15. The minimum absolute atomic E-state index is 0.0496. The molecule has 0 aromatic carbocycles. The first-order valence-electron chi connectivity index (χ1n) is 8.38. The molecule has 8 heteroatoms. The largest absolute Gasteiger partial charge is 0.458 e. The van der Waals surface area contributed by atoms with E-state index in [1.54, 1.807) is 26.8 Å². The number of primary amides is 1. The first kappa shape index (κ1) is 20.1. The molecule has 0 atom stereocenters. The molecule has 0 spiro atoms. The van der Waals surface area contributed by atoms with Gasteiger partial charge in [-0.2, -0.15) is 0 Å². The van der Waals surface area contributed by atoms with Crippen LogP contribution in [-0.4, -0.2) is 33.1 Å². The van der Waals surface area contributed by atoms with Crippen molar-refractivity contribution < 1.29 is 19.4 Å². The van der Waals surface area contributed by atoms with Crippen LogP contribution in [0, 0.1) is 12.3 Å². The van der Waals surface area contributed by atoms with Crippen LogP contribution in [0.25, 0.3) is 11.4 Å². The number of carbonyl (C=O) groups excluding carboxylic acids is 2. The fraction of sp³-hybridized carbons (Fsp3) is 0.500. The molecule has 26 heavy (non-hydrogen) atoms. The Labute approximate surface area is 156 Å². The molecule has 7 nitrogen and oxygen atoms in total. The summed E-state index contributed by atoms with van der Waals surface area (Å²) in [5.41, 5.74) is 7.52. The minimum atomic E-state index is -0.563. The van der Waals surface area contributed by atoms with Crippen molar-refractivity contribution in [1.82, 2.24) is 9.55 Å². The van der Waals surface area contributed by atoms with E-state index in [0.29, 0.717) is 29.2 Å². The molecule has 2 heterocycles. The second-order valence-corrected chi connectivity index (χ2v) is 8.02. The number of aromatic nitrogens is 2. The molecule has 0 aliphatic rings. The number of rotatable bonds is 7. The number of esters is 1. The summed E-state index contributed by atoms with van der Waals surface area (Å²) in [6.45, 7) is 7.92. The summed E-state index contributed by atoms with van der Waals surface area (Å²) in [4.78, 5) is 28.1. The van der Waals surface area contributed by atoms with Gasteiger partial charge in [0.2, 0.25) is 0 Å². The maximum Gasteiger partial charge on any atom is 0.311 e. The molecule has 3 N–H and O–H groups in total. The van der Waals surface area contributed by atoms with Gasteiger partial charge in [0.05, 0.1) is 22.4 Å². The van der Waals surface area contributed by atoms with E-state index in [9.17, 15) is 9.59 Å². The maximum absolute atomic E-state index is 11.9. The summed E-state index contributed by atoms with van der Waals surface area (Å²) in [6.07, 6.45) is 0.556. The zero-order valence-electron chi connectivity index (χ0n) is 15.5. The molecule has 0 aliphatic carbocycles. The number of nitrogens with zero attached hydrogens (tertiary/aromatic N) is 2. The van der Waals surface area contributed by atoms with Gasteiger partial charge in [-0.15, -0.1) is 11.3 Å². The van der Waals surface area contributed by atoms with Gasteiger partial charge < -0.3 is 20.1 Å². The molecule has 0 radical (unpaired) electrons. The fourth-order valence-electron chi connectivity index (χ4n) is 2.46. The van der Waals surface area contributed by atoms with Crippen molar-refractivity contribution in [2.24, 2.45) is 11.1 Å². The van der Waals surface area contributed by atoms with E-state index < -0.39 is 11.3 Å². The number of carbonyl (C=O) groups is 2. The number of aliphatic hydroxyl groups is 1. The first-order valence-corrected chi connectivity index (χ1v) is 9.26. The van der Waals surface area contributed by atoms with E-state index >= 15 is 0 Å². The van der Waals surface area contributed by atoms with Gasteiger partial charge in [-0.1, -0.05) is 0 Å². The molecule has 0 saturated heterocycles. The molecule has 2 rings (SSSR count). The molecule has 2 aromatic heterocycles. The summed E-state index contributed by atoms with van der Waals surface area (Å²) >= 11 is 1.39. The highest BCUT2D eigenvalue weighted by Gasteiger charge is 2.24.